The fraction of sp³-hybridized carbons (Fsp3) is 0.174. The summed E-state index contributed by atoms with van der Waals surface area (Å²) in [5.41, 5.74) is 0.191. The van der Waals surface area contributed by atoms with E-state index in [1.54, 1.807) is 30.3 Å². The SMILES string of the molecule is [2H]C([2H])([2H])Oc1ccc(OC([2H])([2H])[2H])c(CN(C(C)=O)c2cc(F)ccc2Oc2ccccc2)c1. The Bertz CT molecular complexity index is 1180. The summed E-state index contributed by atoms with van der Waals surface area (Å²) in [5.74, 6) is -0.762. The molecule has 5 nitrogen and oxygen atoms in total. The molecule has 0 atom stereocenters. The lowest BCUT2D eigenvalue weighted by Crippen LogP contribution is -2.28. The molecule has 0 radical (unpaired) electrons. The second-order valence-electron chi connectivity index (χ2n) is 6.11. The molecule has 0 fully saturated rings. The molecule has 0 bridgehead atoms. The third kappa shape index (κ3) is 4.85. The van der Waals surface area contributed by atoms with Gasteiger partial charge in [0, 0.05) is 18.6 Å². The topological polar surface area (TPSA) is 48.0 Å². The van der Waals surface area contributed by atoms with Crippen LogP contribution in [0.1, 0.15) is 20.7 Å². The Labute approximate surface area is 177 Å². The molecule has 1 amide bonds. The predicted molar refractivity (Wildman–Crippen MR) is 109 cm³/mol. The van der Waals surface area contributed by atoms with Gasteiger partial charge >= 0.3 is 0 Å². The number of para-hydroxylation sites is 1. The molecule has 0 aliphatic carbocycles. The number of carbonyl (C=O) groups excluding carboxylic acids is 1. The van der Waals surface area contributed by atoms with Gasteiger partial charge in [0.15, 0.2) is 5.75 Å². The first kappa shape index (κ1) is 13.6. The van der Waals surface area contributed by atoms with Crippen molar-refractivity contribution < 1.29 is 31.6 Å². The molecule has 29 heavy (non-hydrogen) atoms. The Morgan fingerprint density at radius 2 is 1.72 bits per heavy atom. The number of hydrogen-bond donors (Lipinski definition) is 0. The van der Waals surface area contributed by atoms with Crippen molar-refractivity contribution in [2.24, 2.45) is 0 Å². The van der Waals surface area contributed by atoms with Gasteiger partial charge in [-0.15, -0.1) is 0 Å². The van der Waals surface area contributed by atoms with Gasteiger partial charge in [-0.25, -0.2) is 4.39 Å². The van der Waals surface area contributed by atoms with Gasteiger partial charge < -0.3 is 19.1 Å². The molecule has 6 heteroatoms. The van der Waals surface area contributed by atoms with Crippen LogP contribution in [0.4, 0.5) is 10.1 Å². The Hall–Kier alpha value is -3.54. The average Bonchev–Trinajstić information content (AvgIpc) is 2.73. The van der Waals surface area contributed by atoms with Gasteiger partial charge in [-0.1, -0.05) is 18.2 Å². The largest absolute Gasteiger partial charge is 0.497 e. The molecule has 0 unspecified atom stereocenters. The van der Waals surface area contributed by atoms with E-state index in [-0.39, 0.29) is 35.0 Å². The van der Waals surface area contributed by atoms with Crippen LogP contribution in [-0.2, 0) is 11.3 Å². The number of anilines is 1. The zero-order chi connectivity index (χ0) is 25.8. The lowest BCUT2D eigenvalue weighted by atomic mass is 10.1. The van der Waals surface area contributed by atoms with E-state index in [9.17, 15) is 9.18 Å². The van der Waals surface area contributed by atoms with Gasteiger partial charge in [0.2, 0.25) is 5.91 Å². The minimum atomic E-state index is -2.82. The normalized spacial score (nSPS) is 14.3. The molecule has 0 aromatic heterocycles. The van der Waals surface area contributed by atoms with Gasteiger partial charge in [0.1, 0.15) is 23.1 Å². The summed E-state index contributed by atoms with van der Waals surface area (Å²) < 4.78 is 74.2. The molecule has 0 aliphatic heterocycles. The van der Waals surface area contributed by atoms with Crippen LogP contribution in [0, 0.1) is 5.82 Å². The number of halogens is 1. The van der Waals surface area contributed by atoms with Crippen LogP contribution >= 0.6 is 0 Å². The van der Waals surface area contributed by atoms with E-state index >= 15 is 0 Å². The number of ether oxygens (including phenoxy) is 3. The zero-order valence-electron chi connectivity index (χ0n) is 21.5. The molecule has 0 heterocycles. The minimum absolute atomic E-state index is 0.0725. The summed E-state index contributed by atoms with van der Waals surface area (Å²) in [4.78, 5) is 13.8. The second kappa shape index (κ2) is 9.10. The summed E-state index contributed by atoms with van der Waals surface area (Å²) in [5, 5.41) is 0. The van der Waals surface area contributed by atoms with Gasteiger partial charge in [-0.3, -0.25) is 4.79 Å². The predicted octanol–water partition coefficient (Wildman–Crippen LogP) is 5.19. The molecular formula is C23H22FNO4. The monoisotopic (exact) mass is 401 g/mol. The standard InChI is InChI=1S/C23H22FNO4/c1-16(26)25(15-17-13-20(27-2)10-12-22(17)28-3)21-14-18(24)9-11-23(21)29-19-7-5-4-6-8-19/h4-14H,15H2,1-3H3/i2D3,3D3. The van der Waals surface area contributed by atoms with Crippen LogP contribution < -0.4 is 19.1 Å². The first-order chi connectivity index (χ1) is 16.3. The number of hydrogen-bond acceptors (Lipinski definition) is 4. The van der Waals surface area contributed by atoms with Crippen LogP contribution in [0.2, 0.25) is 0 Å². The highest BCUT2D eigenvalue weighted by Crippen LogP contribution is 2.35. The van der Waals surface area contributed by atoms with Crippen molar-refractivity contribution in [2.45, 2.75) is 13.5 Å². The highest BCUT2D eigenvalue weighted by Gasteiger charge is 2.20. The van der Waals surface area contributed by atoms with Crippen molar-refractivity contribution >= 4 is 11.6 Å². The van der Waals surface area contributed by atoms with Crippen molar-refractivity contribution in [2.75, 3.05) is 19.0 Å². The zero-order valence-corrected chi connectivity index (χ0v) is 15.5. The van der Waals surface area contributed by atoms with Crippen LogP contribution in [0.15, 0.2) is 66.7 Å². The van der Waals surface area contributed by atoms with E-state index in [0.29, 0.717) is 5.75 Å². The fourth-order valence-electron chi connectivity index (χ4n) is 2.78. The molecule has 0 aliphatic rings. The van der Waals surface area contributed by atoms with Crippen LogP contribution in [0.5, 0.6) is 23.0 Å². The third-order valence-corrected chi connectivity index (χ3v) is 4.15. The summed E-state index contributed by atoms with van der Waals surface area (Å²) in [6.45, 7) is 0.942. The van der Waals surface area contributed by atoms with E-state index in [1.165, 1.54) is 37.3 Å². The Kier molecular flexibility index (Phi) is 4.27. The number of amides is 1. The van der Waals surface area contributed by atoms with Gasteiger partial charge in [0.05, 0.1) is 34.5 Å². The molecule has 0 N–H and O–H groups in total. The van der Waals surface area contributed by atoms with Crippen molar-refractivity contribution in [3.8, 4) is 23.0 Å². The summed E-state index contributed by atoms with van der Waals surface area (Å²) in [7, 11) is -5.58. The molecule has 3 aromatic carbocycles. The molecule has 3 rings (SSSR count). The summed E-state index contributed by atoms with van der Waals surface area (Å²) >= 11 is 0. The smallest absolute Gasteiger partial charge is 0.224 e. The number of methoxy groups -OCH3 is 2. The van der Waals surface area contributed by atoms with E-state index in [1.807, 2.05) is 0 Å². The highest BCUT2D eigenvalue weighted by atomic mass is 19.1. The van der Waals surface area contributed by atoms with Crippen molar-refractivity contribution in [3.05, 3.63) is 78.1 Å². The first-order valence-electron chi connectivity index (χ1n) is 11.6. The third-order valence-electron chi connectivity index (χ3n) is 4.15. The van der Waals surface area contributed by atoms with E-state index < -0.39 is 25.8 Å². The van der Waals surface area contributed by atoms with Gasteiger partial charge in [-0.2, -0.15) is 0 Å². The number of nitrogens with zero attached hydrogens (tertiary/aromatic N) is 1. The fourth-order valence-corrected chi connectivity index (χ4v) is 2.78. The van der Waals surface area contributed by atoms with Crippen LogP contribution in [0.3, 0.4) is 0 Å². The van der Waals surface area contributed by atoms with Crippen molar-refractivity contribution in [3.63, 3.8) is 0 Å². The Balaban J connectivity index is 2.05. The van der Waals surface area contributed by atoms with E-state index in [4.69, 9.17) is 22.4 Å². The lowest BCUT2D eigenvalue weighted by Gasteiger charge is -2.25. The Morgan fingerprint density at radius 1 is 0.966 bits per heavy atom. The van der Waals surface area contributed by atoms with E-state index in [2.05, 4.69) is 0 Å². The van der Waals surface area contributed by atoms with Crippen molar-refractivity contribution in [1.29, 1.82) is 0 Å². The van der Waals surface area contributed by atoms with Crippen molar-refractivity contribution in [1.82, 2.24) is 0 Å². The first-order valence-corrected chi connectivity index (χ1v) is 8.62. The van der Waals surface area contributed by atoms with Crippen LogP contribution in [0.25, 0.3) is 0 Å². The maximum absolute atomic E-state index is 14.2. The summed E-state index contributed by atoms with van der Waals surface area (Å²) in [6, 6.07) is 16.0. The molecule has 0 spiro atoms. The quantitative estimate of drug-likeness (QED) is 0.547. The minimum Gasteiger partial charge on any atom is -0.497 e. The molecule has 0 saturated carbocycles. The maximum Gasteiger partial charge on any atom is 0.224 e. The van der Waals surface area contributed by atoms with E-state index in [0.717, 1.165) is 11.0 Å². The molecule has 3 aromatic rings. The molecule has 0 saturated heterocycles. The van der Waals surface area contributed by atoms with Crippen LogP contribution in [-0.4, -0.2) is 20.0 Å². The number of benzene rings is 3. The molecular weight excluding hydrogens is 373 g/mol. The number of carbonyl (C=O) groups is 1. The Morgan fingerprint density at radius 3 is 2.45 bits per heavy atom. The number of rotatable bonds is 7. The molecule has 150 valence electrons. The maximum atomic E-state index is 14.2. The van der Waals surface area contributed by atoms with Gasteiger partial charge in [-0.05, 0) is 42.5 Å². The lowest BCUT2D eigenvalue weighted by molar-refractivity contribution is -0.116. The average molecular weight is 401 g/mol. The van der Waals surface area contributed by atoms with Gasteiger partial charge in [0.25, 0.3) is 0 Å². The second-order valence-corrected chi connectivity index (χ2v) is 6.11. The summed E-state index contributed by atoms with van der Waals surface area (Å²) in [6.07, 6.45) is 0. The highest BCUT2D eigenvalue weighted by molar-refractivity contribution is 5.93.